The number of carbonyl (C=O) groups is 2. The van der Waals surface area contributed by atoms with Crippen molar-refractivity contribution in [1.82, 2.24) is 14.9 Å². The normalized spacial score (nSPS) is 15.2. The molecule has 1 saturated heterocycles. The lowest BCUT2D eigenvalue weighted by Crippen LogP contribution is -2.48. The van der Waals surface area contributed by atoms with Crippen molar-refractivity contribution in [3.05, 3.63) is 12.4 Å². The van der Waals surface area contributed by atoms with Gasteiger partial charge in [-0.2, -0.15) is 0 Å². The van der Waals surface area contributed by atoms with E-state index < -0.39 is 5.97 Å². The van der Waals surface area contributed by atoms with Gasteiger partial charge in [0.2, 0.25) is 5.91 Å². The van der Waals surface area contributed by atoms with Crippen LogP contribution in [0.3, 0.4) is 0 Å². The standard InChI is InChI=1S/C13H19N5O3/c1-17-5-6-18(8-12(17)19)11-7-10(15-9-16-11)14-4-2-3-13(20)21/h7,9H,2-6,8H2,1H3,(H,20,21)(H,14,15,16). The molecule has 0 aliphatic carbocycles. The molecule has 1 fully saturated rings. The molecule has 1 aliphatic heterocycles. The molecule has 0 atom stereocenters. The largest absolute Gasteiger partial charge is 0.481 e. The van der Waals surface area contributed by atoms with Gasteiger partial charge >= 0.3 is 5.97 Å². The van der Waals surface area contributed by atoms with E-state index in [1.807, 2.05) is 4.90 Å². The summed E-state index contributed by atoms with van der Waals surface area (Å²) in [7, 11) is 1.79. The van der Waals surface area contributed by atoms with Crippen LogP contribution < -0.4 is 10.2 Å². The Morgan fingerprint density at radius 3 is 2.95 bits per heavy atom. The Kier molecular flexibility index (Phi) is 4.91. The van der Waals surface area contributed by atoms with Crippen molar-refractivity contribution >= 4 is 23.5 Å². The topological polar surface area (TPSA) is 98.7 Å². The molecule has 0 aromatic carbocycles. The maximum Gasteiger partial charge on any atom is 0.303 e. The number of aromatic nitrogens is 2. The van der Waals surface area contributed by atoms with Gasteiger partial charge in [-0.15, -0.1) is 0 Å². The molecule has 0 bridgehead atoms. The van der Waals surface area contributed by atoms with Crippen molar-refractivity contribution in [2.24, 2.45) is 0 Å². The zero-order valence-corrected chi connectivity index (χ0v) is 11.9. The van der Waals surface area contributed by atoms with E-state index >= 15 is 0 Å². The highest BCUT2D eigenvalue weighted by atomic mass is 16.4. The third-order valence-corrected chi connectivity index (χ3v) is 3.31. The van der Waals surface area contributed by atoms with E-state index in [1.165, 1.54) is 6.33 Å². The van der Waals surface area contributed by atoms with Gasteiger partial charge in [-0.3, -0.25) is 9.59 Å². The molecule has 2 N–H and O–H groups in total. The van der Waals surface area contributed by atoms with Gasteiger partial charge in [0.15, 0.2) is 0 Å². The molecule has 8 heteroatoms. The van der Waals surface area contributed by atoms with Crippen LogP contribution in [0, 0.1) is 0 Å². The van der Waals surface area contributed by atoms with Crippen LogP contribution in [0.4, 0.5) is 11.6 Å². The lowest BCUT2D eigenvalue weighted by molar-refractivity contribution is -0.137. The Balaban J connectivity index is 1.91. The first kappa shape index (κ1) is 15.0. The average Bonchev–Trinajstić information content (AvgIpc) is 2.47. The van der Waals surface area contributed by atoms with Gasteiger partial charge in [0.25, 0.3) is 0 Å². The van der Waals surface area contributed by atoms with Crippen molar-refractivity contribution in [3.8, 4) is 0 Å². The van der Waals surface area contributed by atoms with Crippen LogP contribution in [0.15, 0.2) is 12.4 Å². The van der Waals surface area contributed by atoms with Crippen molar-refractivity contribution in [1.29, 1.82) is 0 Å². The van der Waals surface area contributed by atoms with Gasteiger partial charge in [0.1, 0.15) is 18.0 Å². The molecule has 1 aromatic rings. The molecule has 0 spiro atoms. The number of likely N-dealkylation sites (N-methyl/N-ethyl adjacent to an activating group) is 1. The Labute approximate surface area is 122 Å². The van der Waals surface area contributed by atoms with E-state index in [2.05, 4.69) is 15.3 Å². The van der Waals surface area contributed by atoms with Crippen molar-refractivity contribution in [2.75, 3.05) is 43.4 Å². The summed E-state index contributed by atoms with van der Waals surface area (Å²) < 4.78 is 0. The Hall–Kier alpha value is -2.38. The summed E-state index contributed by atoms with van der Waals surface area (Å²) in [5, 5.41) is 11.6. The van der Waals surface area contributed by atoms with Gasteiger partial charge in [0.05, 0.1) is 6.54 Å². The molecule has 1 aromatic heterocycles. The minimum Gasteiger partial charge on any atom is -0.481 e. The highest BCUT2D eigenvalue weighted by Crippen LogP contribution is 2.16. The maximum absolute atomic E-state index is 11.7. The third kappa shape index (κ3) is 4.30. The van der Waals surface area contributed by atoms with Gasteiger partial charge in [-0.25, -0.2) is 9.97 Å². The highest BCUT2D eigenvalue weighted by molar-refractivity contribution is 5.82. The monoisotopic (exact) mass is 293 g/mol. The lowest BCUT2D eigenvalue weighted by Gasteiger charge is -2.32. The molecule has 0 unspecified atom stereocenters. The minimum absolute atomic E-state index is 0.0656. The fourth-order valence-corrected chi connectivity index (χ4v) is 2.03. The first-order valence-electron chi connectivity index (χ1n) is 6.83. The molecule has 8 nitrogen and oxygen atoms in total. The number of anilines is 2. The van der Waals surface area contributed by atoms with E-state index in [9.17, 15) is 9.59 Å². The van der Waals surface area contributed by atoms with Crippen LogP contribution in [0.2, 0.25) is 0 Å². The molecule has 2 rings (SSSR count). The number of carboxylic acid groups (broad SMARTS) is 1. The predicted octanol–water partition coefficient (Wildman–Crippen LogP) is 0.0317. The predicted molar refractivity (Wildman–Crippen MR) is 77.2 cm³/mol. The molecule has 1 amide bonds. The number of piperazine rings is 1. The minimum atomic E-state index is -0.809. The van der Waals surface area contributed by atoms with E-state index in [0.29, 0.717) is 37.7 Å². The number of nitrogens with zero attached hydrogens (tertiary/aromatic N) is 4. The number of carbonyl (C=O) groups excluding carboxylic acids is 1. The zero-order valence-electron chi connectivity index (χ0n) is 11.9. The molecule has 114 valence electrons. The van der Waals surface area contributed by atoms with Crippen LogP contribution in [0.1, 0.15) is 12.8 Å². The molecule has 0 radical (unpaired) electrons. The van der Waals surface area contributed by atoms with Gasteiger partial charge < -0.3 is 20.2 Å². The fourth-order valence-electron chi connectivity index (χ4n) is 2.03. The Morgan fingerprint density at radius 2 is 2.24 bits per heavy atom. The summed E-state index contributed by atoms with van der Waals surface area (Å²) in [5.74, 6) is 0.593. The quantitative estimate of drug-likeness (QED) is 0.714. The Bertz CT molecular complexity index is 522. The third-order valence-electron chi connectivity index (χ3n) is 3.31. The zero-order chi connectivity index (χ0) is 15.2. The number of amides is 1. The second-order valence-corrected chi connectivity index (χ2v) is 4.92. The molecule has 0 saturated carbocycles. The SMILES string of the molecule is CN1CCN(c2cc(NCCCC(=O)O)ncn2)CC1=O. The summed E-state index contributed by atoms with van der Waals surface area (Å²) in [4.78, 5) is 34.0. The van der Waals surface area contributed by atoms with Crippen LogP contribution >= 0.6 is 0 Å². The van der Waals surface area contributed by atoms with Crippen LogP contribution in [0.5, 0.6) is 0 Å². The number of rotatable bonds is 6. The second kappa shape index (κ2) is 6.87. The summed E-state index contributed by atoms with van der Waals surface area (Å²) in [6, 6.07) is 1.78. The number of nitrogens with one attached hydrogen (secondary N) is 1. The fraction of sp³-hybridized carbons (Fsp3) is 0.538. The lowest BCUT2D eigenvalue weighted by atomic mass is 10.3. The van der Waals surface area contributed by atoms with Gasteiger partial charge in [0, 0.05) is 39.2 Å². The molecule has 1 aliphatic rings. The number of carboxylic acids is 1. The molecular weight excluding hydrogens is 274 g/mol. The average molecular weight is 293 g/mol. The van der Waals surface area contributed by atoms with Crippen molar-refractivity contribution in [2.45, 2.75) is 12.8 Å². The highest BCUT2D eigenvalue weighted by Gasteiger charge is 2.22. The second-order valence-electron chi connectivity index (χ2n) is 4.92. The van der Waals surface area contributed by atoms with E-state index in [4.69, 9.17) is 5.11 Å². The van der Waals surface area contributed by atoms with Gasteiger partial charge in [-0.1, -0.05) is 0 Å². The van der Waals surface area contributed by atoms with Crippen molar-refractivity contribution in [3.63, 3.8) is 0 Å². The maximum atomic E-state index is 11.7. The first-order chi connectivity index (χ1) is 10.1. The number of hydrogen-bond acceptors (Lipinski definition) is 6. The number of hydrogen-bond donors (Lipinski definition) is 2. The molecule has 2 heterocycles. The summed E-state index contributed by atoms with van der Waals surface area (Å²) in [6.07, 6.45) is 2.09. The van der Waals surface area contributed by atoms with E-state index in [1.54, 1.807) is 18.0 Å². The van der Waals surface area contributed by atoms with Gasteiger partial charge in [-0.05, 0) is 6.42 Å². The number of aliphatic carboxylic acids is 1. The Morgan fingerprint density at radius 1 is 1.43 bits per heavy atom. The van der Waals surface area contributed by atoms with Crippen LogP contribution in [-0.4, -0.2) is 65.1 Å². The summed E-state index contributed by atoms with van der Waals surface area (Å²) >= 11 is 0. The molecular formula is C13H19N5O3. The first-order valence-corrected chi connectivity index (χ1v) is 6.83. The van der Waals surface area contributed by atoms with E-state index in [0.717, 1.165) is 6.54 Å². The summed E-state index contributed by atoms with van der Waals surface area (Å²) in [6.45, 7) is 2.25. The summed E-state index contributed by atoms with van der Waals surface area (Å²) in [5.41, 5.74) is 0. The molecule has 21 heavy (non-hydrogen) atoms. The van der Waals surface area contributed by atoms with E-state index in [-0.39, 0.29) is 12.3 Å². The van der Waals surface area contributed by atoms with Crippen LogP contribution in [-0.2, 0) is 9.59 Å². The smallest absolute Gasteiger partial charge is 0.303 e. The van der Waals surface area contributed by atoms with Crippen LogP contribution in [0.25, 0.3) is 0 Å². The van der Waals surface area contributed by atoms with Crippen molar-refractivity contribution < 1.29 is 14.7 Å².